The second-order valence-corrected chi connectivity index (χ2v) is 6.29. The number of hydrogen-bond donors (Lipinski definition) is 2. The van der Waals surface area contributed by atoms with Crippen molar-refractivity contribution in [1.29, 1.82) is 0 Å². The minimum absolute atomic E-state index is 0.00243. The minimum Gasteiger partial charge on any atom is -0.326 e. The van der Waals surface area contributed by atoms with Gasteiger partial charge < -0.3 is 10.6 Å². The zero-order chi connectivity index (χ0) is 19.2. The number of anilines is 1. The zero-order valence-electron chi connectivity index (χ0n) is 14.7. The Morgan fingerprint density at radius 1 is 1.07 bits per heavy atom. The van der Waals surface area contributed by atoms with Gasteiger partial charge in [0.05, 0.1) is 5.69 Å². The molecule has 0 aliphatic carbocycles. The Balaban J connectivity index is 1.49. The molecule has 7 heteroatoms. The van der Waals surface area contributed by atoms with E-state index in [9.17, 15) is 18.8 Å². The molecule has 1 saturated heterocycles. The Kier molecular flexibility index (Phi) is 5.80. The number of halogens is 1. The van der Waals surface area contributed by atoms with Crippen molar-refractivity contribution < 1.29 is 18.8 Å². The predicted octanol–water partition coefficient (Wildman–Crippen LogP) is 2.71. The number of nitrogens with one attached hydrogen (secondary N) is 2. The van der Waals surface area contributed by atoms with Crippen LogP contribution in [0.3, 0.4) is 0 Å². The number of imide groups is 1. The molecule has 1 aliphatic heterocycles. The summed E-state index contributed by atoms with van der Waals surface area (Å²) in [6.07, 6.45) is 0.727. The third-order valence-corrected chi connectivity index (χ3v) is 4.38. The van der Waals surface area contributed by atoms with Crippen LogP contribution in [0.25, 0.3) is 0 Å². The van der Waals surface area contributed by atoms with Crippen LogP contribution in [-0.2, 0) is 16.0 Å². The van der Waals surface area contributed by atoms with E-state index in [1.165, 1.54) is 23.1 Å². The summed E-state index contributed by atoms with van der Waals surface area (Å²) in [6.45, 7) is 0.284. The topological polar surface area (TPSA) is 78.5 Å². The van der Waals surface area contributed by atoms with Gasteiger partial charge in [-0.2, -0.15) is 0 Å². The van der Waals surface area contributed by atoms with Gasteiger partial charge >= 0.3 is 6.03 Å². The smallest absolute Gasteiger partial charge is 0.324 e. The molecule has 4 amide bonds. The summed E-state index contributed by atoms with van der Waals surface area (Å²) in [4.78, 5) is 37.6. The second-order valence-electron chi connectivity index (χ2n) is 6.29. The summed E-state index contributed by atoms with van der Waals surface area (Å²) >= 11 is 0. The van der Waals surface area contributed by atoms with Crippen LogP contribution in [0.15, 0.2) is 54.6 Å². The largest absolute Gasteiger partial charge is 0.326 e. The number of carbonyl (C=O) groups is 3. The van der Waals surface area contributed by atoms with Crippen LogP contribution < -0.4 is 10.6 Å². The maximum Gasteiger partial charge on any atom is 0.324 e. The summed E-state index contributed by atoms with van der Waals surface area (Å²) in [5.74, 6) is -1.28. The molecule has 0 aromatic heterocycles. The van der Waals surface area contributed by atoms with Gasteiger partial charge in [-0.05, 0) is 30.5 Å². The normalized spacial score (nSPS) is 16.3. The van der Waals surface area contributed by atoms with E-state index in [0.717, 1.165) is 5.56 Å². The average Bonchev–Trinajstić information content (AvgIpc) is 2.94. The molecule has 2 N–H and O–H groups in total. The van der Waals surface area contributed by atoms with Crippen LogP contribution in [0.2, 0.25) is 0 Å². The number of nitrogens with zero attached hydrogens (tertiary/aromatic N) is 1. The van der Waals surface area contributed by atoms with E-state index in [4.69, 9.17) is 0 Å². The van der Waals surface area contributed by atoms with E-state index < -0.39 is 23.8 Å². The molecule has 0 spiro atoms. The van der Waals surface area contributed by atoms with Crippen molar-refractivity contribution >= 4 is 23.5 Å². The number of rotatable bonds is 7. The van der Waals surface area contributed by atoms with Crippen molar-refractivity contribution in [3.63, 3.8) is 0 Å². The predicted molar refractivity (Wildman–Crippen MR) is 98.4 cm³/mol. The lowest BCUT2D eigenvalue weighted by atomic mass is 10.1. The Morgan fingerprint density at radius 3 is 2.52 bits per heavy atom. The van der Waals surface area contributed by atoms with Crippen LogP contribution in [0.1, 0.15) is 18.4 Å². The molecule has 1 atom stereocenters. The monoisotopic (exact) mass is 369 g/mol. The number of hydrogen-bond acceptors (Lipinski definition) is 3. The van der Waals surface area contributed by atoms with Crippen LogP contribution in [0.5, 0.6) is 0 Å². The highest BCUT2D eigenvalue weighted by atomic mass is 19.1. The molecule has 1 fully saturated rings. The number of benzene rings is 2. The first kappa shape index (κ1) is 18.6. The fraction of sp³-hybridized carbons (Fsp3) is 0.250. The summed E-state index contributed by atoms with van der Waals surface area (Å²) in [6, 6.07) is 14.2. The maximum atomic E-state index is 13.5. The lowest BCUT2D eigenvalue weighted by Crippen LogP contribution is -2.33. The second kappa shape index (κ2) is 8.44. The molecule has 6 nitrogen and oxygen atoms in total. The van der Waals surface area contributed by atoms with Crippen molar-refractivity contribution in [1.82, 2.24) is 10.2 Å². The molecular weight excluding hydrogens is 349 g/mol. The first-order valence-electron chi connectivity index (χ1n) is 8.75. The van der Waals surface area contributed by atoms with Crippen molar-refractivity contribution in [3.8, 4) is 0 Å². The van der Waals surface area contributed by atoms with Crippen molar-refractivity contribution in [3.05, 3.63) is 66.0 Å². The van der Waals surface area contributed by atoms with Crippen molar-refractivity contribution in [2.24, 2.45) is 0 Å². The lowest BCUT2D eigenvalue weighted by Gasteiger charge is -2.13. The van der Waals surface area contributed by atoms with Gasteiger partial charge in [0.2, 0.25) is 5.91 Å². The molecule has 1 heterocycles. The Morgan fingerprint density at radius 2 is 1.78 bits per heavy atom. The van der Waals surface area contributed by atoms with E-state index in [-0.39, 0.29) is 31.0 Å². The highest BCUT2D eigenvalue weighted by molar-refractivity contribution is 6.04. The van der Waals surface area contributed by atoms with Gasteiger partial charge in [-0.3, -0.25) is 14.5 Å². The van der Waals surface area contributed by atoms with Gasteiger partial charge in [0.25, 0.3) is 5.91 Å². The molecule has 3 rings (SSSR count). The summed E-state index contributed by atoms with van der Waals surface area (Å²) < 4.78 is 13.5. The van der Waals surface area contributed by atoms with E-state index in [1.54, 1.807) is 6.07 Å². The Hall–Kier alpha value is -3.22. The van der Waals surface area contributed by atoms with E-state index in [0.29, 0.717) is 6.42 Å². The van der Waals surface area contributed by atoms with Crippen LogP contribution >= 0.6 is 0 Å². The van der Waals surface area contributed by atoms with Gasteiger partial charge in [-0.1, -0.05) is 42.5 Å². The Bertz CT molecular complexity index is 841. The average molecular weight is 369 g/mol. The summed E-state index contributed by atoms with van der Waals surface area (Å²) in [7, 11) is 0. The highest BCUT2D eigenvalue weighted by Gasteiger charge is 2.37. The first-order chi connectivity index (χ1) is 13.0. The van der Waals surface area contributed by atoms with Crippen LogP contribution in [0, 0.1) is 5.82 Å². The molecular formula is C20H20FN3O3. The summed E-state index contributed by atoms with van der Waals surface area (Å²) in [5.41, 5.74) is 1.12. The third-order valence-electron chi connectivity index (χ3n) is 4.38. The van der Waals surface area contributed by atoms with Gasteiger partial charge in [0, 0.05) is 13.0 Å². The van der Waals surface area contributed by atoms with Gasteiger partial charge in [-0.15, -0.1) is 0 Å². The molecule has 140 valence electrons. The van der Waals surface area contributed by atoms with Crippen LogP contribution in [0.4, 0.5) is 14.9 Å². The number of urea groups is 1. The number of para-hydroxylation sites is 1. The molecule has 0 bridgehead atoms. The highest BCUT2D eigenvalue weighted by Crippen LogP contribution is 2.15. The van der Waals surface area contributed by atoms with E-state index in [1.807, 2.05) is 30.3 Å². The SMILES string of the molecule is O=C(CCC1NC(=O)N(CCc2ccccc2)C1=O)Nc1ccccc1F. The van der Waals surface area contributed by atoms with Crippen molar-refractivity contribution in [2.45, 2.75) is 25.3 Å². The Labute approximate surface area is 156 Å². The summed E-state index contributed by atoms with van der Waals surface area (Å²) in [5, 5.41) is 5.07. The fourth-order valence-corrected chi connectivity index (χ4v) is 2.92. The quantitative estimate of drug-likeness (QED) is 0.737. The maximum absolute atomic E-state index is 13.5. The lowest BCUT2D eigenvalue weighted by molar-refractivity contribution is -0.127. The molecule has 1 unspecified atom stereocenters. The standard InChI is InChI=1S/C20H20FN3O3/c21-15-8-4-5-9-16(15)22-18(25)11-10-17-19(26)24(20(27)23-17)13-12-14-6-2-1-3-7-14/h1-9,17H,10-13H2,(H,22,25)(H,23,27). The van der Waals surface area contributed by atoms with E-state index >= 15 is 0 Å². The fourth-order valence-electron chi connectivity index (χ4n) is 2.92. The number of amides is 4. The molecule has 0 saturated carbocycles. The molecule has 0 radical (unpaired) electrons. The zero-order valence-corrected chi connectivity index (χ0v) is 14.7. The first-order valence-corrected chi connectivity index (χ1v) is 8.75. The van der Waals surface area contributed by atoms with Gasteiger partial charge in [-0.25, -0.2) is 9.18 Å². The third kappa shape index (κ3) is 4.69. The molecule has 27 heavy (non-hydrogen) atoms. The number of carbonyl (C=O) groups excluding carboxylic acids is 3. The van der Waals surface area contributed by atoms with Gasteiger partial charge in [0.15, 0.2) is 0 Å². The molecule has 2 aromatic rings. The van der Waals surface area contributed by atoms with E-state index in [2.05, 4.69) is 10.6 Å². The minimum atomic E-state index is -0.736. The van der Waals surface area contributed by atoms with Crippen molar-refractivity contribution in [2.75, 3.05) is 11.9 Å². The van der Waals surface area contributed by atoms with Crippen LogP contribution in [-0.4, -0.2) is 35.3 Å². The molecule has 2 aromatic carbocycles. The van der Waals surface area contributed by atoms with Gasteiger partial charge in [0.1, 0.15) is 11.9 Å². The molecule has 1 aliphatic rings.